The monoisotopic (exact) mass is 304 g/mol. The Morgan fingerprint density at radius 3 is 2.59 bits per heavy atom. The third-order valence-electron chi connectivity index (χ3n) is 8.92. The average Bonchev–Trinajstić information content (AvgIpc) is 2.77. The predicted octanol–water partition coefficient (Wildman–Crippen LogP) is 4.21. The van der Waals surface area contributed by atoms with Crippen molar-refractivity contribution >= 4 is 5.78 Å². The van der Waals surface area contributed by atoms with E-state index < -0.39 is 0 Å². The van der Waals surface area contributed by atoms with E-state index in [0.717, 1.165) is 43.9 Å². The molecule has 0 aromatic carbocycles. The normalized spacial score (nSPS) is 57.9. The Kier molecular flexibility index (Phi) is 3.32. The van der Waals surface area contributed by atoms with Crippen molar-refractivity contribution in [3.63, 3.8) is 0 Å². The van der Waals surface area contributed by atoms with E-state index in [1.807, 2.05) is 0 Å². The minimum atomic E-state index is -0.0773. The molecule has 124 valence electrons. The summed E-state index contributed by atoms with van der Waals surface area (Å²) in [4.78, 5) is 12.4. The van der Waals surface area contributed by atoms with Gasteiger partial charge in [-0.25, -0.2) is 0 Å². The third kappa shape index (κ3) is 1.79. The molecule has 4 aliphatic carbocycles. The summed E-state index contributed by atoms with van der Waals surface area (Å²) in [5, 5.41) is 10.2. The summed E-state index contributed by atoms with van der Waals surface area (Å²) in [6.45, 7) is 7.18. The van der Waals surface area contributed by atoms with Crippen molar-refractivity contribution in [2.75, 3.05) is 0 Å². The second-order valence-corrected chi connectivity index (χ2v) is 9.46. The fourth-order valence-electron chi connectivity index (χ4n) is 7.47. The Morgan fingerprint density at radius 2 is 1.82 bits per heavy atom. The van der Waals surface area contributed by atoms with Crippen LogP contribution in [0.5, 0.6) is 0 Å². The van der Waals surface area contributed by atoms with Crippen molar-refractivity contribution in [1.29, 1.82) is 0 Å². The van der Waals surface area contributed by atoms with Gasteiger partial charge in [0, 0.05) is 11.8 Å². The van der Waals surface area contributed by atoms with E-state index >= 15 is 0 Å². The topological polar surface area (TPSA) is 37.3 Å². The van der Waals surface area contributed by atoms with E-state index in [2.05, 4.69) is 20.8 Å². The maximum Gasteiger partial charge on any atom is 0.139 e. The molecule has 8 atom stereocenters. The van der Waals surface area contributed by atoms with Gasteiger partial charge in [-0.05, 0) is 80.0 Å². The van der Waals surface area contributed by atoms with Crippen LogP contribution in [0.1, 0.15) is 72.1 Å². The van der Waals surface area contributed by atoms with Crippen LogP contribution in [0.2, 0.25) is 0 Å². The highest BCUT2D eigenvalue weighted by molar-refractivity contribution is 5.87. The molecular formula is C20H32O2. The van der Waals surface area contributed by atoms with Crippen LogP contribution in [0, 0.1) is 40.4 Å². The summed E-state index contributed by atoms with van der Waals surface area (Å²) in [6, 6.07) is 0. The van der Waals surface area contributed by atoms with Crippen molar-refractivity contribution in [2.24, 2.45) is 40.4 Å². The average molecular weight is 304 g/mol. The van der Waals surface area contributed by atoms with Gasteiger partial charge in [0.25, 0.3) is 0 Å². The number of fused-ring (bicyclic) bond motifs is 5. The number of ketones is 1. The van der Waals surface area contributed by atoms with Crippen LogP contribution in [0.25, 0.3) is 0 Å². The van der Waals surface area contributed by atoms with Gasteiger partial charge in [-0.3, -0.25) is 4.79 Å². The zero-order valence-corrected chi connectivity index (χ0v) is 14.5. The Labute approximate surface area is 135 Å². The lowest BCUT2D eigenvalue weighted by molar-refractivity contribution is -0.155. The zero-order chi connectivity index (χ0) is 15.7. The fraction of sp³-hybridized carbons (Fsp3) is 0.950. The third-order valence-corrected chi connectivity index (χ3v) is 8.92. The van der Waals surface area contributed by atoms with Crippen LogP contribution in [-0.2, 0) is 4.79 Å². The number of hydrogen-bond donors (Lipinski definition) is 1. The number of carbonyl (C=O) groups is 1. The van der Waals surface area contributed by atoms with Crippen molar-refractivity contribution in [3.8, 4) is 0 Å². The second kappa shape index (κ2) is 4.82. The molecule has 0 spiro atoms. The zero-order valence-electron chi connectivity index (χ0n) is 14.5. The van der Waals surface area contributed by atoms with Crippen LogP contribution in [-0.4, -0.2) is 17.0 Å². The quantitative estimate of drug-likeness (QED) is 0.728. The largest absolute Gasteiger partial charge is 0.393 e. The molecule has 0 aromatic rings. The highest BCUT2D eigenvalue weighted by Crippen LogP contribution is 2.66. The van der Waals surface area contributed by atoms with E-state index in [1.54, 1.807) is 0 Å². The summed E-state index contributed by atoms with van der Waals surface area (Å²) in [6.07, 6.45) is 8.85. The molecule has 0 aliphatic heterocycles. The molecular weight excluding hydrogens is 272 g/mol. The summed E-state index contributed by atoms with van der Waals surface area (Å²) in [7, 11) is 0. The SMILES string of the molecule is C[C@H]1C[C@@H](O)CC2CCC3C(CC[C@]4(C)C(=O)CCC34)[C@]21C. The molecule has 4 rings (SSSR count). The van der Waals surface area contributed by atoms with Gasteiger partial charge in [0.2, 0.25) is 0 Å². The molecule has 0 amide bonds. The van der Waals surface area contributed by atoms with E-state index in [1.165, 1.54) is 19.3 Å². The summed E-state index contributed by atoms with van der Waals surface area (Å²) in [5.74, 6) is 4.08. The molecule has 22 heavy (non-hydrogen) atoms. The maximum atomic E-state index is 12.4. The van der Waals surface area contributed by atoms with E-state index in [9.17, 15) is 9.90 Å². The molecule has 4 fully saturated rings. The minimum Gasteiger partial charge on any atom is -0.393 e. The fourth-order valence-corrected chi connectivity index (χ4v) is 7.47. The first-order valence-electron chi connectivity index (χ1n) is 9.58. The minimum absolute atomic E-state index is 0.00177. The molecule has 0 radical (unpaired) electrons. The van der Waals surface area contributed by atoms with E-state index in [-0.39, 0.29) is 11.5 Å². The number of rotatable bonds is 0. The first-order valence-corrected chi connectivity index (χ1v) is 9.58. The van der Waals surface area contributed by atoms with Gasteiger partial charge in [-0.1, -0.05) is 20.8 Å². The number of carbonyl (C=O) groups excluding carboxylic acids is 1. The van der Waals surface area contributed by atoms with Crippen molar-refractivity contribution in [3.05, 3.63) is 0 Å². The maximum absolute atomic E-state index is 12.4. The molecule has 0 saturated heterocycles. The van der Waals surface area contributed by atoms with Crippen LogP contribution >= 0.6 is 0 Å². The second-order valence-electron chi connectivity index (χ2n) is 9.46. The number of aliphatic hydroxyl groups is 1. The van der Waals surface area contributed by atoms with Gasteiger partial charge in [-0.2, -0.15) is 0 Å². The first-order chi connectivity index (χ1) is 10.4. The van der Waals surface area contributed by atoms with Gasteiger partial charge in [0.1, 0.15) is 5.78 Å². The Morgan fingerprint density at radius 1 is 1.05 bits per heavy atom. The highest BCUT2D eigenvalue weighted by atomic mass is 16.3. The predicted molar refractivity (Wildman–Crippen MR) is 87.3 cm³/mol. The van der Waals surface area contributed by atoms with Crippen molar-refractivity contribution in [2.45, 2.75) is 78.2 Å². The number of Topliss-reactive ketones (excluding diaryl/α,β-unsaturated/α-hetero) is 1. The smallest absolute Gasteiger partial charge is 0.139 e. The van der Waals surface area contributed by atoms with E-state index in [0.29, 0.717) is 29.0 Å². The van der Waals surface area contributed by atoms with Crippen molar-refractivity contribution in [1.82, 2.24) is 0 Å². The van der Waals surface area contributed by atoms with Gasteiger partial charge in [0.15, 0.2) is 0 Å². The molecule has 4 unspecified atom stereocenters. The lowest BCUT2D eigenvalue weighted by Gasteiger charge is -2.62. The lowest BCUT2D eigenvalue weighted by Crippen LogP contribution is -2.56. The molecule has 4 aliphatic rings. The summed E-state index contributed by atoms with van der Waals surface area (Å²) in [5.41, 5.74) is 0.400. The number of aliphatic hydroxyl groups excluding tert-OH is 1. The molecule has 1 N–H and O–H groups in total. The van der Waals surface area contributed by atoms with Crippen LogP contribution < -0.4 is 0 Å². The lowest BCUT2D eigenvalue weighted by atomic mass is 9.43. The Bertz CT molecular complexity index is 486. The molecule has 4 saturated carbocycles. The Balaban J connectivity index is 1.67. The highest BCUT2D eigenvalue weighted by Gasteiger charge is 2.61. The van der Waals surface area contributed by atoms with Gasteiger partial charge >= 0.3 is 0 Å². The number of hydrogen-bond acceptors (Lipinski definition) is 2. The van der Waals surface area contributed by atoms with Crippen LogP contribution in [0.4, 0.5) is 0 Å². The van der Waals surface area contributed by atoms with E-state index in [4.69, 9.17) is 0 Å². The van der Waals surface area contributed by atoms with Gasteiger partial charge in [0.05, 0.1) is 6.10 Å². The Hall–Kier alpha value is -0.370. The molecule has 2 heteroatoms. The molecule has 2 nitrogen and oxygen atoms in total. The first kappa shape index (κ1) is 15.2. The van der Waals surface area contributed by atoms with Crippen molar-refractivity contribution < 1.29 is 9.90 Å². The van der Waals surface area contributed by atoms with Crippen LogP contribution in [0.15, 0.2) is 0 Å². The summed E-state index contributed by atoms with van der Waals surface area (Å²) >= 11 is 0. The van der Waals surface area contributed by atoms with Gasteiger partial charge in [-0.15, -0.1) is 0 Å². The molecule has 0 bridgehead atoms. The summed E-state index contributed by atoms with van der Waals surface area (Å²) < 4.78 is 0. The van der Waals surface area contributed by atoms with Gasteiger partial charge < -0.3 is 5.11 Å². The molecule has 0 aromatic heterocycles. The molecule has 0 heterocycles. The standard InChI is InChI=1S/C20H32O2/c1-12-10-14(21)11-13-4-5-15-16-6-7-18(22)19(16,2)9-8-17(15)20(12,13)3/h12-17,21H,4-11H2,1-3H3/t12-,13?,14+,15?,16?,17?,19-,20-/m0/s1. The van der Waals surface area contributed by atoms with Crippen LogP contribution in [0.3, 0.4) is 0 Å².